The predicted octanol–water partition coefficient (Wildman–Crippen LogP) is 3.73. The maximum absolute atomic E-state index is 5.42. The molecule has 1 unspecified atom stereocenters. The summed E-state index contributed by atoms with van der Waals surface area (Å²) in [5.41, 5.74) is 3.37. The van der Waals surface area contributed by atoms with E-state index in [1.54, 1.807) is 7.11 Å². The molecule has 3 rings (SSSR count). The molecule has 4 heteroatoms. The van der Waals surface area contributed by atoms with Gasteiger partial charge in [0.15, 0.2) is 0 Å². The number of aromatic nitrogens is 2. The topological polar surface area (TPSA) is 39.1 Å². The molecule has 0 saturated heterocycles. The minimum atomic E-state index is 0.200. The van der Waals surface area contributed by atoms with Crippen LogP contribution in [-0.2, 0) is 6.54 Å². The quantitative estimate of drug-likeness (QED) is 0.754. The van der Waals surface area contributed by atoms with E-state index in [0.29, 0.717) is 0 Å². The molecule has 0 fully saturated rings. The second kappa shape index (κ2) is 7.11. The van der Waals surface area contributed by atoms with Crippen molar-refractivity contribution in [3.05, 3.63) is 78.1 Å². The monoisotopic (exact) mass is 307 g/mol. The number of hydrogen-bond acceptors (Lipinski definition) is 3. The number of nitrogens with one attached hydrogen (secondary N) is 1. The molecule has 0 aliphatic heterocycles. The number of hydrogen-bond donors (Lipinski definition) is 1. The summed E-state index contributed by atoms with van der Waals surface area (Å²) in [6, 6.07) is 18.4. The normalized spacial score (nSPS) is 12.1. The molecule has 0 bridgehead atoms. The fourth-order valence-electron chi connectivity index (χ4n) is 2.58. The molecule has 0 radical (unpaired) electrons. The van der Waals surface area contributed by atoms with E-state index < -0.39 is 0 Å². The van der Waals surface area contributed by atoms with Crippen LogP contribution in [0.1, 0.15) is 24.1 Å². The number of rotatable bonds is 6. The van der Waals surface area contributed by atoms with Gasteiger partial charge in [0.25, 0.3) is 0 Å². The molecule has 0 amide bonds. The Labute approximate surface area is 136 Å². The van der Waals surface area contributed by atoms with Gasteiger partial charge in [0.2, 0.25) is 0 Å². The van der Waals surface area contributed by atoms with Gasteiger partial charge < -0.3 is 10.1 Å². The van der Waals surface area contributed by atoms with Crippen molar-refractivity contribution in [2.75, 3.05) is 7.11 Å². The fourth-order valence-corrected chi connectivity index (χ4v) is 2.58. The number of methoxy groups -OCH3 is 1. The molecule has 3 aromatic rings. The van der Waals surface area contributed by atoms with Crippen LogP contribution in [0.3, 0.4) is 0 Å². The Morgan fingerprint density at radius 1 is 1.09 bits per heavy atom. The standard InChI is InChI=1S/C19H21N3O/c1-15(18-10-6-7-11-19(18)23-2)20-12-16-13-21-22(14-16)17-8-4-3-5-9-17/h3-11,13-15,20H,12H2,1-2H3. The molecule has 1 heterocycles. The van der Waals surface area contributed by atoms with Crippen LogP contribution < -0.4 is 10.1 Å². The highest BCUT2D eigenvalue weighted by Crippen LogP contribution is 2.24. The third-order valence-electron chi connectivity index (χ3n) is 3.87. The van der Waals surface area contributed by atoms with Crippen LogP contribution in [0.4, 0.5) is 0 Å². The van der Waals surface area contributed by atoms with Crippen molar-refractivity contribution in [2.24, 2.45) is 0 Å². The van der Waals surface area contributed by atoms with Crippen molar-refractivity contribution in [1.29, 1.82) is 0 Å². The third kappa shape index (κ3) is 3.60. The first-order chi connectivity index (χ1) is 11.3. The number of para-hydroxylation sites is 2. The molecule has 23 heavy (non-hydrogen) atoms. The molecule has 0 saturated carbocycles. The Hall–Kier alpha value is -2.59. The lowest BCUT2D eigenvalue weighted by Gasteiger charge is -2.16. The van der Waals surface area contributed by atoms with Crippen molar-refractivity contribution in [3.8, 4) is 11.4 Å². The highest BCUT2D eigenvalue weighted by molar-refractivity contribution is 5.35. The van der Waals surface area contributed by atoms with E-state index in [9.17, 15) is 0 Å². The van der Waals surface area contributed by atoms with Gasteiger partial charge >= 0.3 is 0 Å². The average Bonchev–Trinajstić information content (AvgIpc) is 3.09. The van der Waals surface area contributed by atoms with E-state index in [1.807, 2.05) is 59.4 Å². The Kier molecular flexibility index (Phi) is 4.74. The minimum Gasteiger partial charge on any atom is -0.496 e. The van der Waals surface area contributed by atoms with Gasteiger partial charge in [0, 0.05) is 29.9 Å². The van der Waals surface area contributed by atoms with Crippen LogP contribution in [0.5, 0.6) is 5.75 Å². The van der Waals surface area contributed by atoms with Crippen LogP contribution >= 0.6 is 0 Å². The van der Waals surface area contributed by atoms with Crippen LogP contribution in [0.15, 0.2) is 67.0 Å². The molecule has 1 aromatic heterocycles. The predicted molar refractivity (Wildman–Crippen MR) is 91.8 cm³/mol. The Bertz CT molecular complexity index is 752. The van der Waals surface area contributed by atoms with Crippen molar-refractivity contribution in [2.45, 2.75) is 19.5 Å². The SMILES string of the molecule is COc1ccccc1C(C)NCc1cnn(-c2ccccc2)c1. The molecule has 0 spiro atoms. The summed E-state index contributed by atoms with van der Waals surface area (Å²) in [5, 5.41) is 7.94. The summed E-state index contributed by atoms with van der Waals surface area (Å²) in [6.07, 6.45) is 3.95. The van der Waals surface area contributed by atoms with E-state index >= 15 is 0 Å². The molecule has 4 nitrogen and oxygen atoms in total. The van der Waals surface area contributed by atoms with Crippen molar-refractivity contribution >= 4 is 0 Å². The number of nitrogens with zero attached hydrogens (tertiary/aromatic N) is 2. The van der Waals surface area contributed by atoms with Gasteiger partial charge in [-0.15, -0.1) is 0 Å². The van der Waals surface area contributed by atoms with E-state index in [-0.39, 0.29) is 6.04 Å². The van der Waals surface area contributed by atoms with Gasteiger partial charge in [-0.2, -0.15) is 5.10 Å². The zero-order valence-electron chi connectivity index (χ0n) is 13.4. The van der Waals surface area contributed by atoms with Gasteiger partial charge in [-0.25, -0.2) is 4.68 Å². The van der Waals surface area contributed by atoms with Crippen molar-refractivity contribution < 1.29 is 4.74 Å². The van der Waals surface area contributed by atoms with Crippen LogP contribution in [0, 0.1) is 0 Å². The summed E-state index contributed by atoms with van der Waals surface area (Å²) >= 11 is 0. The first kappa shape index (κ1) is 15.3. The zero-order chi connectivity index (χ0) is 16.1. The molecule has 118 valence electrons. The highest BCUT2D eigenvalue weighted by Gasteiger charge is 2.10. The van der Waals surface area contributed by atoms with E-state index in [1.165, 1.54) is 0 Å². The Morgan fingerprint density at radius 2 is 1.83 bits per heavy atom. The van der Waals surface area contributed by atoms with E-state index in [2.05, 4.69) is 29.6 Å². The largest absolute Gasteiger partial charge is 0.496 e. The van der Waals surface area contributed by atoms with Gasteiger partial charge in [0.05, 0.1) is 19.0 Å². The van der Waals surface area contributed by atoms with Gasteiger partial charge in [-0.1, -0.05) is 36.4 Å². The second-order valence-corrected chi connectivity index (χ2v) is 5.47. The molecule has 1 N–H and O–H groups in total. The Balaban J connectivity index is 1.66. The fraction of sp³-hybridized carbons (Fsp3) is 0.211. The molecule has 1 atom stereocenters. The van der Waals surface area contributed by atoms with Crippen molar-refractivity contribution in [3.63, 3.8) is 0 Å². The maximum atomic E-state index is 5.42. The lowest BCUT2D eigenvalue weighted by Crippen LogP contribution is -2.18. The summed E-state index contributed by atoms with van der Waals surface area (Å²) in [5.74, 6) is 0.910. The highest BCUT2D eigenvalue weighted by atomic mass is 16.5. The van der Waals surface area contributed by atoms with Gasteiger partial charge in [-0.3, -0.25) is 0 Å². The third-order valence-corrected chi connectivity index (χ3v) is 3.87. The molecule has 2 aromatic carbocycles. The zero-order valence-corrected chi connectivity index (χ0v) is 13.4. The second-order valence-electron chi connectivity index (χ2n) is 5.47. The average molecular weight is 307 g/mol. The van der Waals surface area contributed by atoms with Gasteiger partial charge in [-0.05, 0) is 25.1 Å². The number of benzene rings is 2. The van der Waals surface area contributed by atoms with Crippen LogP contribution in [0.2, 0.25) is 0 Å². The first-order valence-corrected chi connectivity index (χ1v) is 7.73. The lowest BCUT2D eigenvalue weighted by molar-refractivity contribution is 0.401. The minimum absolute atomic E-state index is 0.200. The molecular formula is C19H21N3O. The molecule has 0 aliphatic carbocycles. The lowest BCUT2D eigenvalue weighted by atomic mass is 10.1. The summed E-state index contributed by atoms with van der Waals surface area (Å²) in [7, 11) is 1.70. The number of ether oxygens (including phenoxy) is 1. The van der Waals surface area contributed by atoms with E-state index in [4.69, 9.17) is 4.74 Å². The summed E-state index contributed by atoms with van der Waals surface area (Å²) < 4.78 is 7.32. The summed E-state index contributed by atoms with van der Waals surface area (Å²) in [4.78, 5) is 0. The van der Waals surface area contributed by atoms with Crippen LogP contribution in [0.25, 0.3) is 5.69 Å². The smallest absolute Gasteiger partial charge is 0.123 e. The van der Waals surface area contributed by atoms with Crippen LogP contribution in [-0.4, -0.2) is 16.9 Å². The first-order valence-electron chi connectivity index (χ1n) is 7.73. The van der Waals surface area contributed by atoms with Crippen molar-refractivity contribution in [1.82, 2.24) is 15.1 Å². The Morgan fingerprint density at radius 3 is 2.61 bits per heavy atom. The maximum Gasteiger partial charge on any atom is 0.123 e. The molecule has 0 aliphatic rings. The molecular weight excluding hydrogens is 286 g/mol. The van der Waals surface area contributed by atoms with E-state index in [0.717, 1.165) is 29.1 Å². The van der Waals surface area contributed by atoms with Gasteiger partial charge in [0.1, 0.15) is 5.75 Å². The summed E-state index contributed by atoms with van der Waals surface area (Å²) in [6.45, 7) is 2.89.